The Hall–Kier alpha value is -1.40. The van der Waals surface area contributed by atoms with Crippen molar-refractivity contribution < 1.29 is 23.2 Å². The van der Waals surface area contributed by atoms with Gasteiger partial charge in [0.2, 0.25) is 0 Å². The summed E-state index contributed by atoms with van der Waals surface area (Å²) in [5, 5.41) is 5.13. The van der Waals surface area contributed by atoms with E-state index in [2.05, 4.69) is 10.6 Å². The van der Waals surface area contributed by atoms with Crippen LogP contribution < -0.4 is 10.6 Å². The number of carbonyl (C=O) groups is 2. The van der Waals surface area contributed by atoms with Crippen LogP contribution in [0, 0.1) is 0 Å². The number of benzene rings is 1. The fourth-order valence-corrected chi connectivity index (χ4v) is 3.05. The molecule has 0 unspecified atom stereocenters. The Balaban J connectivity index is 3.12. The van der Waals surface area contributed by atoms with E-state index >= 15 is 0 Å². The van der Waals surface area contributed by atoms with E-state index in [1.54, 1.807) is 13.8 Å². The molecule has 0 aliphatic carbocycles. The fourth-order valence-electron chi connectivity index (χ4n) is 1.63. The van der Waals surface area contributed by atoms with Crippen LogP contribution in [0.3, 0.4) is 0 Å². The standard InChI is InChI=1S/C13H18ClN2O5P/c1-4-20-22(19,21-5-2)13(18)16-11-8-9(14)6-7-10(11)12(17)15-3/h6-8H,4-5H2,1-3H3,(H,15,17)(H,16,18). The number of rotatable bonds is 7. The molecule has 0 fully saturated rings. The Kier molecular flexibility index (Phi) is 7.03. The molecule has 0 bridgehead atoms. The molecule has 0 atom stereocenters. The van der Waals surface area contributed by atoms with Crippen molar-refractivity contribution in [1.82, 2.24) is 5.32 Å². The maximum absolute atomic E-state index is 12.4. The van der Waals surface area contributed by atoms with E-state index in [4.69, 9.17) is 20.6 Å². The van der Waals surface area contributed by atoms with Crippen LogP contribution in [-0.4, -0.2) is 31.8 Å². The van der Waals surface area contributed by atoms with Gasteiger partial charge < -0.3 is 19.7 Å². The number of carbonyl (C=O) groups excluding carboxylic acids is 2. The first kappa shape index (κ1) is 18.6. The number of anilines is 1. The molecule has 0 spiro atoms. The van der Waals surface area contributed by atoms with Crippen LogP contribution in [0.1, 0.15) is 24.2 Å². The quantitative estimate of drug-likeness (QED) is 0.735. The summed E-state index contributed by atoms with van der Waals surface area (Å²) in [5.74, 6) is -0.422. The fraction of sp³-hybridized carbons (Fsp3) is 0.385. The van der Waals surface area contributed by atoms with E-state index in [9.17, 15) is 14.2 Å². The lowest BCUT2D eigenvalue weighted by Crippen LogP contribution is -2.21. The van der Waals surface area contributed by atoms with Crippen LogP contribution in [-0.2, 0) is 13.6 Å². The number of amides is 2. The predicted molar refractivity (Wildman–Crippen MR) is 84.7 cm³/mol. The van der Waals surface area contributed by atoms with E-state index in [0.29, 0.717) is 5.02 Å². The zero-order chi connectivity index (χ0) is 16.8. The average Bonchev–Trinajstić information content (AvgIpc) is 2.47. The molecule has 22 heavy (non-hydrogen) atoms. The number of halogens is 1. The van der Waals surface area contributed by atoms with E-state index in [0.717, 1.165) is 0 Å². The van der Waals surface area contributed by atoms with Crippen molar-refractivity contribution in [2.24, 2.45) is 0 Å². The first-order valence-corrected chi connectivity index (χ1v) is 8.52. The SMILES string of the molecule is CCOP(=O)(OCC)C(=O)Nc1cc(Cl)ccc1C(=O)NC. The van der Waals surface area contributed by atoms with E-state index in [1.165, 1.54) is 25.2 Å². The predicted octanol–water partition coefficient (Wildman–Crippen LogP) is 3.50. The zero-order valence-corrected chi connectivity index (χ0v) is 14.2. The van der Waals surface area contributed by atoms with Gasteiger partial charge in [0.25, 0.3) is 5.91 Å². The third kappa shape index (κ3) is 4.55. The summed E-state index contributed by atoms with van der Waals surface area (Å²) in [7, 11) is -2.52. The minimum atomic E-state index is -3.97. The smallest absolute Gasteiger partial charge is 0.355 e. The summed E-state index contributed by atoms with van der Waals surface area (Å²) >= 11 is 5.87. The highest BCUT2D eigenvalue weighted by atomic mass is 35.5. The van der Waals surface area contributed by atoms with Crippen molar-refractivity contribution in [3.63, 3.8) is 0 Å². The first-order chi connectivity index (χ1) is 10.4. The molecule has 2 N–H and O–H groups in total. The van der Waals surface area contributed by atoms with E-state index in [-0.39, 0.29) is 24.5 Å². The minimum Gasteiger partial charge on any atom is -0.355 e. The van der Waals surface area contributed by atoms with Crippen LogP contribution >= 0.6 is 19.2 Å². The number of hydrogen-bond acceptors (Lipinski definition) is 5. The molecule has 2 amide bonds. The Morgan fingerprint density at radius 2 is 1.82 bits per heavy atom. The van der Waals surface area contributed by atoms with Crippen LogP contribution in [0.2, 0.25) is 5.02 Å². The van der Waals surface area contributed by atoms with E-state index < -0.39 is 19.2 Å². The highest BCUT2D eigenvalue weighted by molar-refractivity contribution is 7.72. The van der Waals surface area contributed by atoms with Gasteiger partial charge in [-0.3, -0.25) is 9.59 Å². The molecule has 0 heterocycles. The maximum Gasteiger partial charge on any atom is 0.418 e. The summed E-state index contributed by atoms with van der Waals surface area (Å²) in [6.45, 7) is 3.27. The van der Waals surface area contributed by atoms with Gasteiger partial charge >= 0.3 is 13.2 Å². The molecule has 0 aliphatic rings. The van der Waals surface area contributed by atoms with Crippen molar-refractivity contribution in [3.8, 4) is 0 Å². The lowest BCUT2D eigenvalue weighted by Gasteiger charge is -2.17. The van der Waals surface area contributed by atoms with Crippen molar-refractivity contribution >= 4 is 36.4 Å². The summed E-state index contributed by atoms with van der Waals surface area (Å²) < 4.78 is 22.3. The molecule has 9 heteroatoms. The summed E-state index contributed by atoms with van der Waals surface area (Å²) in [6, 6.07) is 4.34. The molecule has 0 aliphatic heterocycles. The number of nitrogens with one attached hydrogen (secondary N) is 2. The Bertz CT molecular complexity index is 598. The van der Waals surface area contributed by atoms with Gasteiger partial charge in [-0.1, -0.05) is 11.6 Å². The summed E-state index contributed by atoms with van der Waals surface area (Å²) in [5.41, 5.74) is -0.653. The van der Waals surface area contributed by atoms with Gasteiger partial charge in [0, 0.05) is 12.1 Å². The van der Waals surface area contributed by atoms with Gasteiger partial charge in [-0.15, -0.1) is 0 Å². The van der Waals surface area contributed by atoms with Gasteiger partial charge in [0.05, 0.1) is 24.5 Å². The second-order valence-corrected chi connectivity index (χ2v) is 6.39. The molecule has 1 aromatic carbocycles. The van der Waals surface area contributed by atoms with Crippen LogP contribution in [0.15, 0.2) is 18.2 Å². The van der Waals surface area contributed by atoms with Gasteiger partial charge in [0.1, 0.15) is 0 Å². The average molecular weight is 349 g/mol. The molecule has 122 valence electrons. The van der Waals surface area contributed by atoms with Crippen LogP contribution in [0.5, 0.6) is 0 Å². The molecule has 7 nitrogen and oxygen atoms in total. The lowest BCUT2D eigenvalue weighted by molar-refractivity contribution is 0.0964. The first-order valence-electron chi connectivity index (χ1n) is 6.60. The molecule has 0 saturated carbocycles. The van der Waals surface area contributed by atoms with Crippen molar-refractivity contribution in [2.45, 2.75) is 13.8 Å². The van der Waals surface area contributed by atoms with Gasteiger partial charge in [0.15, 0.2) is 0 Å². The normalized spacial score (nSPS) is 11.1. The molecule has 0 saturated heterocycles. The molecule has 1 rings (SSSR count). The van der Waals surface area contributed by atoms with Gasteiger partial charge in [-0.05, 0) is 32.0 Å². The van der Waals surface area contributed by atoms with E-state index in [1.807, 2.05) is 0 Å². The van der Waals surface area contributed by atoms with Crippen molar-refractivity contribution in [2.75, 3.05) is 25.6 Å². The summed E-state index contributed by atoms with van der Waals surface area (Å²) in [4.78, 5) is 24.0. The Morgan fingerprint density at radius 1 is 1.23 bits per heavy atom. The Morgan fingerprint density at radius 3 is 2.32 bits per heavy atom. The lowest BCUT2D eigenvalue weighted by atomic mass is 10.1. The van der Waals surface area contributed by atoms with Crippen molar-refractivity contribution in [1.29, 1.82) is 0 Å². The van der Waals surface area contributed by atoms with Gasteiger partial charge in [-0.2, -0.15) is 0 Å². The Labute approximate surface area is 133 Å². The maximum atomic E-state index is 12.4. The highest BCUT2D eigenvalue weighted by Crippen LogP contribution is 2.49. The molecule has 0 aromatic heterocycles. The molecular weight excluding hydrogens is 331 g/mol. The second-order valence-electron chi connectivity index (χ2n) is 4.03. The monoisotopic (exact) mass is 348 g/mol. The zero-order valence-electron chi connectivity index (χ0n) is 12.5. The molecule has 1 aromatic rings. The topological polar surface area (TPSA) is 93.7 Å². The summed E-state index contributed by atoms with van der Waals surface area (Å²) in [6.07, 6.45) is 0. The highest BCUT2D eigenvalue weighted by Gasteiger charge is 2.35. The largest absolute Gasteiger partial charge is 0.418 e. The third-order valence-electron chi connectivity index (χ3n) is 2.54. The number of hydrogen-bond donors (Lipinski definition) is 2. The third-order valence-corrected chi connectivity index (χ3v) is 4.58. The molecule has 0 radical (unpaired) electrons. The van der Waals surface area contributed by atoms with Crippen LogP contribution in [0.4, 0.5) is 10.5 Å². The molecular formula is C13H18ClN2O5P. The van der Waals surface area contributed by atoms with Crippen LogP contribution in [0.25, 0.3) is 0 Å². The van der Waals surface area contributed by atoms with Crippen molar-refractivity contribution in [3.05, 3.63) is 28.8 Å². The second kappa shape index (κ2) is 8.29. The van der Waals surface area contributed by atoms with Gasteiger partial charge in [-0.25, -0.2) is 4.57 Å². The minimum absolute atomic E-state index is 0.0442.